The van der Waals surface area contributed by atoms with Crippen LogP contribution in [0.1, 0.15) is 51.1 Å². The second kappa shape index (κ2) is 5.84. The number of para-hydroxylation sites is 1. The molecule has 0 radical (unpaired) electrons. The van der Waals surface area contributed by atoms with E-state index < -0.39 is 0 Å². The summed E-state index contributed by atoms with van der Waals surface area (Å²) < 4.78 is 0. The number of hydrogen-bond donors (Lipinski definition) is 1. The number of aromatic nitrogens is 1. The predicted octanol–water partition coefficient (Wildman–Crippen LogP) is 3.92. The fourth-order valence-corrected chi connectivity index (χ4v) is 3.29. The molecular weight excluding hydrogens is 260 g/mol. The van der Waals surface area contributed by atoms with Crippen molar-refractivity contribution >= 4 is 16.8 Å². The highest BCUT2D eigenvalue weighted by Gasteiger charge is 2.36. The van der Waals surface area contributed by atoms with E-state index in [4.69, 9.17) is 4.98 Å². The zero-order chi connectivity index (χ0) is 14.7. The number of fused-ring (bicyclic) bond motifs is 1. The number of carbonyl (C=O) groups is 1. The second-order valence-corrected chi connectivity index (χ2v) is 5.93. The number of nitrogens with one attached hydrogen (secondary N) is 1. The zero-order valence-corrected chi connectivity index (χ0v) is 12.6. The van der Waals surface area contributed by atoms with Crippen molar-refractivity contribution in [1.29, 1.82) is 0 Å². The quantitative estimate of drug-likeness (QED) is 0.927. The van der Waals surface area contributed by atoms with E-state index in [1.54, 1.807) is 0 Å². The molecular formula is C18H22N2O. The van der Waals surface area contributed by atoms with Gasteiger partial charge in [-0.2, -0.15) is 0 Å². The summed E-state index contributed by atoms with van der Waals surface area (Å²) >= 11 is 0. The molecule has 1 aliphatic carbocycles. The van der Waals surface area contributed by atoms with Crippen LogP contribution >= 0.6 is 0 Å². The van der Waals surface area contributed by atoms with E-state index in [9.17, 15) is 4.79 Å². The van der Waals surface area contributed by atoms with Gasteiger partial charge in [0.25, 0.3) is 0 Å². The Morgan fingerprint density at radius 3 is 2.67 bits per heavy atom. The van der Waals surface area contributed by atoms with Crippen LogP contribution in [-0.4, -0.2) is 10.9 Å². The summed E-state index contributed by atoms with van der Waals surface area (Å²) in [6.45, 7) is 1.90. The minimum Gasteiger partial charge on any atom is -0.345 e. The number of rotatable bonds is 3. The van der Waals surface area contributed by atoms with Crippen molar-refractivity contribution in [2.45, 2.75) is 51.0 Å². The van der Waals surface area contributed by atoms with Gasteiger partial charge in [0.1, 0.15) is 0 Å². The van der Waals surface area contributed by atoms with Crippen LogP contribution in [0, 0.1) is 0 Å². The van der Waals surface area contributed by atoms with Gasteiger partial charge >= 0.3 is 0 Å². The van der Waals surface area contributed by atoms with Crippen molar-refractivity contribution in [3.05, 3.63) is 42.1 Å². The van der Waals surface area contributed by atoms with Crippen LogP contribution in [-0.2, 0) is 10.3 Å². The van der Waals surface area contributed by atoms with Crippen molar-refractivity contribution in [3.8, 4) is 0 Å². The van der Waals surface area contributed by atoms with Gasteiger partial charge in [0.15, 0.2) is 0 Å². The smallest absolute Gasteiger partial charge is 0.220 e. The van der Waals surface area contributed by atoms with E-state index in [1.165, 1.54) is 6.42 Å². The van der Waals surface area contributed by atoms with E-state index >= 15 is 0 Å². The number of carbonyl (C=O) groups excluding carboxylic acids is 1. The lowest BCUT2D eigenvalue weighted by molar-refractivity contribution is -0.123. The predicted molar refractivity (Wildman–Crippen MR) is 84.9 cm³/mol. The van der Waals surface area contributed by atoms with Crippen LogP contribution in [0.4, 0.5) is 0 Å². The van der Waals surface area contributed by atoms with Crippen molar-refractivity contribution in [3.63, 3.8) is 0 Å². The average molecular weight is 282 g/mol. The SMILES string of the molecule is CCC(=O)NC1(c2ccc3ccccc3n2)CCCCC1. The molecule has 110 valence electrons. The first-order valence-corrected chi connectivity index (χ1v) is 7.91. The molecule has 0 aliphatic heterocycles. The van der Waals surface area contributed by atoms with E-state index in [2.05, 4.69) is 23.5 Å². The van der Waals surface area contributed by atoms with Gasteiger partial charge in [-0.1, -0.05) is 50.5 Å². The first-order chi connectivity index (χ1) is 10.2. The highest BCUT2D eigenvalue weighted by molar-refractivity contribution is 5.79. The van der Waals surface area contributed by atoms with Crippen molar-refractivity contribution in [2.75, 3.05) is 0 Å². The molecule has 0 saturated heterocycles. The summed E-state index contributed by atoms with van der Waals surface area (Å²) in [5, 5.41) is 4.41. The van der Waals surface area contributed by atoms with Gasteiger partial charge in [-0.15, -0.1) is 0 Å². The molecule has 1 aliphatic rings. The Balaban J connectivity index is 2.02. The Kier molecular flexibility index (Phi) is 3.91. The molecule has 1 heterocycles. The Bertz CT molecular complexity index is 644. The average Bonchev–Trinajstić information content (AvgIpc) is 2.55. The maximum atomic E-state index is 12.0. The number of pyridine rings is 1. The maximum absolute atomic E-state index is 12.0. The minimum atomic E-state index is -0.268. The molecule has 1 N–H and O–H groups in total. The summed E-state index contributed by atoms with van der Waals surface area (Å²) in [5.41, 5.74) is 1.75. The minimum absolute atomic E-state index is 0.117. The third-order valence-electron chi connectivity index (χ3n) is 4.50. The lowest BCUT2D eigenvalue weighted by atomic mass is 9.78. The molecule has 3 nitrogen and oxygen atoms in total. The highest BCUT2D eigenvalue weighted by Crippen LogP contribution is 2.37. The topological polar surface area (TPSA) is 42.0 Å². The van der Waals surface area contributed by atoms with Gasteiger partial charge in [0.05, 0.1) is 16.7 Å². The van der Waals surface area contributed by atoms with Gasteiger partial charge in [-0.25, -0.2) is 0 Å². The molecule has 1 fully saturated rings. The summed E-state index contributed by atoms with van der Waals surface area (Å²) in [6, 6.07) is 12.4. The summed E-state index contributed by atoms with van der Waals surface area (Å²) in [5.74, 6) is 0.117. The van der Waals surface area contributed by atoms with E-state index in [0.29, 0.717) is 6.42 Å². The van der Waals surface area contributed by atoms with Gasteiger partial charge < -0.3 is 5.32 Å². The molecule has 0 spiro atoms. The lowest BCUT2D eigenvalue weighted by Gasteiger charge is -2.37. The van der Waals surface area contributed by atoms with Crippen molar-refractivity contribution in [1.82, 2.24) is 10.3 Å². The Hall–Kier alpha value is -1.90. The monoisotopic (exact) mass is 282 g/mol. The van der Waals surface area contributed by atoms with Crippen molar-refractivity contribution < 1.29 is 4.79 Å². The fraction of sp³-hybridized carbons (Fsp3) is 0.444. The van der Waals surface area contributed by atoms with Gasteiger partial charge in [0, 0.05) is 11.8 Å². The first-order valence-electron chi connectivity index (χ1n) is 7.91. The summed E-state index contributed by atoms with van der Waals surface area (Å²) in [4.78, 5) is 16.8. The van der Waals surface area contributed by atoms with Gasteiger partial charge in [-0.3, -0.25) is 9.78 Å². The molecule has 3 rings (SSSR count). The van der Waals surface area contributed by atoms with Crippen LogP contribution in [0.5, 0.6) is 0 Å². The Morgan fingerprint density at radius 2 is 1.90 bits per heavy atom. The number of nitrogens with zero attached hydrogens (tertiary/aromatic N) is 1. The summed E-state index contributed by atoms with van der Waals surface area (Å²) in [7, 11) is 0. The molecule has 0 bridgehead atoms. The first kappa shape index (κ1) is 14.1. The summed E-state index contributed by atoms with van der Waals surface area (Å²) in [6.07, 6.45) is 6.05. The van der Waals surface area contributed by atoms with E-state index in [0.717, 1.165) is 42.3 Å². The third-order valence-corrected chi connectivity index (χ3v) is 4.50. The standard InChI is InChI=1S/C18H22N2O/c1-2-17(21)20-18(12-6-3-7-13-18)16-11-10-14-8-4-5-9-15(14)19-16/h4-5,8-11H,2-3,6-7,12-13H2,1H3,(H,20,21). The fourth-order valence-electron chi connectivity index (χ4n) is 3.29. The Labute approximate surface area is 125 Å². The molecule has 2 aromatic rings. The molecule has 0 unspecified atom stereocenters. The normalized spacial score (nSPS) is 17.6. The van der Waals surface area contributed by atoms with Crippen LogP contribution in [0.15, 0.2) is 36.4 Å². The number of amides is 1. The lowest BCUT2D eigenvalue weighted by Crippen LogP contribution is -2.47. The van der Waals surface area contributed by atoms with Crippen molar-refractivity contribution in [2.24, 2.45) is 0 Å². The van der Waals surface area contributed by atoms with Gasteiger partial charge in [0.2, 0.25) is 5.91 Å². The zero-order valence-electron chi connectivity index (χ0n) is 12.6. The van der Waals surface area contributed by atoms with Crippen LogP contribution in [0.2, 0.25) is 0 Å². The molecule has 1 saturated carbocycles. The van der Waals surface area contributed by atoms with Crippen LogP contribution in [0.3, 0.4) is 0 Å². The molecule has 1 aromatic heterocycles. The second-order valence-electron chi connectivity index (χ2n) is 5.93. The van der Waals surface area contributed by atoms with Gasteiger partial charge in [-0.05, 0) is 25.0 Å². The van der Waals surface area contributed by atoms with Crippen LogP contribution in [0.25, 0.3) is 10.9 Å². The largest absolute Gasteiger partial charge is 0.345 e. The third kappa shape index (κ3) is 2.78. The molecule has 1 amide bonds. The molecule has 1 aromatic carbocycles. The number of hydrogen-bond acceptors (Lipinski definition) is 2. The highest BCUT2D eigenvalue weighted by atomic mass is 16.1. The maximum Gasteiger partial charge on any atom is 0.220 e. The molecule has 3 heteroatoms. The molecule has 21 heavy (non-hydrogen) atoms. The Morgan fingerprint density at radius 1 is 1.14 bits per heavy atom. The molecule has 0 atom stereocenters. The number of benzene rings is 1. The van der Waals surface area contributed by atoms with Crippen LogP contribution < -0.4 is 5.32 Å². The van der Waals surface area contributed by atoms with E-state index in [-0.39, 0.29) is 11.4 Å². The van der Waals surface area contributed by atoms with E-state index in [1.807, 2.05) is 25.1 Å².